The Morgan fingerprint density at radius 2 is 2.08 bits per heavy atom. The van der Waals surface area contributed by atoms with Gasteiger partial charge >= 0.3 is 6.09 Å². The minimum Gasteiger partial charge on any atom is -0.465 e. The Balaban J connectivity index is 2.48. The molecule has 1 rings (SSSR count). The summed E-state index contributed by atoms with van der Waals surface area (Å²) in [6.45, 7) is 0. The van der Waals surface area contributed by atoms with Crippen molar-refractivity contribution >= 4 is 12.0 Å². The van der Waals surface area contributed by atoms with E-state index in [1.165, 1.54) is 7.11 Å². The molecule has 6 nitrogen and oxygen atoms in total. The maximum absolute atomic E-state index is 11.1. The Kier molecular flexibility index (Phi) is 2.18. The first-order valence-corrected chi connectivity index (χ1v) is 3.45. The minimum absolute atomic E-state index is 0.438. The fourth-order valence-electron chi connectivity index (χ4n) is 0.929. The lowest BCUT2D eigenvalue weighted by Crippen LogP contribution is -2.48. The molecule has 68 valence electrons. The summed E-state index contributed by atoms with van der Waals surface area (Å²) in [5.41, 5.74) is 1.15. The SMILES string of the molecule is CONC(=O)C1(NC(=O)O)CC1. The van der Waals surface area contributed by atoms with Gasteiger partial charge in [-0.25, -0.2) is 10.3 Å². The second kappa shape index (κ2) is 2.98. The van der Waals surface area contributed by atoms with Crippen molar-refractivity contribution in [2.45, 2.75) is 18.4 Å². The Hall–Kier alpha value is -1.30. The lowest BCUT2D eigenvalue weighted by atomic mass is 10.2. The monoisotopic (exact) mass is 174 g/mol. The van der Waals surface area contributed by atoms with Gasteiger partial charge in [-0.2, -0.15) is 0 Å². The van der Waals surface area contributed by atoms with Crippen molar-refractivity contribution in [3.8, 4) is 0 Å². The van der Waals surface area contributed by atoms with E-state index in [4.69, 9.17) is 5.11 Å². The van der Waals surface area contributed by atoms with Crippen LogP contribution in [0.5, 0.6) is 0 Å². The van der Waals surface area contributed by atoms with E-state index in [1.54, 1.807) is 0 Å². The summed E-state index contributed by atoms with van der Waals surface area (Å²) < 4.78 is 0. The van der Waals surface area contributed by atoms with Crippen LogP contribution in [-0.2, 0) is 9.63 Å². The molecule has 0 bridgehead atoms. The summed E-state index contributed by atoms with van der Waals surface area (Å²) in [5, 5.41) is 10.5. The molecule has 0 aromatic rings. The summed E-state index contributed by atoms with van der Waals surface area (Å²) in [4.78, 5) is 25.7. The molecule has 0 atom stereocenters. The molecule has 0 aromatic heterocycles. The Bertz CT molecular complexity index is 212. The topological polar surface area (TPSA) is 87.7 Å². The number of hydrogen-bond donors (Lipinski definition) is 3. The number of nitrogens with one attached hydrogen (secondary N) is 2. The third kappa shape index (κ3) is 1.65. The molecular formula is C6H10N2O4. The van der Waals surface area contributed by atoms with Crippen molar-refractivity contribution in [3.05, 3.63) is 0 Å². The largest absolute Gasteiger partial charge is 0.465 e. The molecule has 1 aliphatic carbocycles. The molecule has 1 saturated carbocycles. The van der Waals surface area contributed by atoms with Gasteiger partial charge in [0.1, 0.15) is 5.54 Å². The van der Waals surface area contributed by atoms with E-state index >= 15 is 0 Å². The predicted molar refractivity (Wildman–Crippen MR) is 38.3 cm³/mol. The molecule has 6 heteroatoms. The molecule has 0 aromatic carbocycles. The van der Waals surface area contributed by atoms with Crippen molar-refractivity contribution in [3.63, 3.8) is 0 Å². The fraction of sp³-hybridized carbons (Fsp3) is 0.667. The number of amides is 2. The lowest BCUT2D eigenvalue weighted by molar-refractivity contribution is -0.134. The maximum Gasteiger partial charge on any atom is 0.405 e. The van der Waals surface area contributed by atoms with E-state index < -0.39 is 17.5 Å². The third-order valence-corrected chi connectivity index (χ3v) is 1.73. The average molecular weight is 174 g/mol. The normalized spacial score (nSPS) is 18.1. The second-order valence-corrected chi connectivity index (χ2v) is 2.65. The maximum atomic E-state index is 11.1. The molecule has 0 radical (unpaired) electrons. The van der Waals surface area contributed by atoms with Gasteiger partial charge in [0.05, 0.1) is 7.11 Å². The Labute approximate surface area is 68.8 Å². The zero-order valence-electron chi connectivity index (χ0n) is 6.59. The van der Waals surface area contributed by atoms with Crippen LogP contribution < -0.4 is 10.8 Å². The highest BCUT2D eigenvalue weighted by Gasteiger charge is 2.51. The second-order valence-electron chi connectivity index (χ2n) is 2.65. The quantitative estimate of drug-likeness (QED) is 0.501. The fourth-order valence-corrected chi connectivity index (χ4v) is 0.929. The molecule has 1 fully saturated rings. The van der Waals surface area contributed by atoms with E-state index in [0.717, 1.165) is 0 Å². The van der Waals surface area contributed by atoms with Crippen LogP contribution in [-0.4, -0.2) is 29.8 Å². The lowest BCUT2D eigenvalue weighted by Gasteiger charge is -2.12. The molecule has 2 amide bonds. The first-order valence-electron chi connectivity index (χ1n) is 3.45. The number of hydroxylamine groups is 1. The van der Waals surface area contributed by atoms with Crippen LogP contribution in [0, 0.1) is 0 Å². The number of carbonyl (C=O) groups excluding carboxylic acids is 1. The molecule has 3 N–H and O–H groups in total. The summed E-state index contributed by atoms with van der Waals surface area (Å²) in [6.07, 6.45) is -0.151. The van der Waals surface area contributed by atoms with Crippen molar-refractivity contribution in [2.75, 3.05) is 7.11 Å². The highest BCUT2D eigenvalue weighted by molar-refractivity contribution is 5.91. The van der Waals surface area contributed by atoms with Crippen LogP contribution in [0.4, 0.5) is 4.79 Å². The minimum atomic E-state index is -1.20. The highest BCUT2D eigenvalue weighted by Crippen LogP contribution is 2.35. The molecule has 12 heavy (non-hydrogen) atoms. The van der Waals surface area contributed by atoms with Gasteiger partial charge in [-0.3, -0.25) is 9.63 Å². The first kappa shape index (κ1) is 8.79. The van der Waals surface area contributed by atoms with E-state index in [1.807, 2.05) is 0 Å². The third-order valence-electron chi connectivity index (χ3n) is 1.73. The van der Waals surface area contributed by atoms with E-state index in [2.05, 4.69) is 15.6 Å². The van der Waals surface area contributed by atoms with Gasteiger partial charge < -0.3 is 10.4 Å². The van der Waals surface area contributed by atoms with Crippen LogP contribution in [0.15, 0.2) is 0 Å². The summed E-state index contributed by atoms with van der Waals surface area (Å²) in [5.74, 6) is -0.438. The van der Waals surface area contributed by atoms with Crippen LogP contribution in [0.3, 0.4) is 0 Å². The van der Waals surface area contributed by atoms with Gasteiger partial charge in [0, 0.05) is 0 Å². The number of carbonyl (C=O) groups is 2. The van der Waals surface area contributed by atoms with Gasteiger partial charge in [-0.05, 0) is 12.8 Å². The highest BCUT2D eigenvalue weighted by atomic mass is 16.6. The van der Waals surface area contributed by atoms with Crippen LogP contribution >= 0.6 is 0 Å². The van der Waals surface area contributed by atoms with E-state index in [-0.39, 0.29) is 0 Å². The van der Waals surface area contributed by atoms with Crippen molar-refractivity contribution in [2.24, 2.45) is 0 Å². The molecular weight excluding hydrogens is 164 g/mol. The summed E-state index contributed by atoms with van der Waals surface area (Å²) >= 11 is 0. The van der Waals surface area contributed by atoms with Gasteiger partial charge in [-0.15, -0.1) is 0 Å². The van der Waals surface area contributed by atoms with Crippen LogP contribution in [0.1, 0.15) is 12.8 Å². The molecule has 0 unspecified atom stereocenters. The van der Waals surface area contributed by atoms with Gasteiger partial charge in [-0.1, -0.05) is 0 Å². The zero-order chi connectivity index (χ0) is 9.19. The standard InChI is InChI=1S/C6H10N2O4/c1-12-8-4(9)6(2-3-6)7-5(10)11/h7H,2-3H2,1H3,(H,8,9)(H,10,11). The van der Waals surface area contributed by atoms with Gasteiger partial charge in [0.15, 0.2) is 0 Å². The molecule has 0 spiro atoms. The molecule has 0 saturated heterocycles. The van der Waals surface area contributed by atoms with E-state index in [0.29, 0.717) is 12.8 Å². The Morgan fingerprint density at radius 1 is 1.50 bits per heavy atom. The summed E-state index contributed by atoms with van der Waals surface area (Å²) in [7, 11) is 1.30. The van der Waals surface area contributed by atoms with Crippen molar-refractivity contribution in [1.82, 2.24) is 10.8 Å². The zero-order valence-corrected chi connectivity index (χ0v) is 6.59. The number of hydrogen-bond acceptors (Lipinski definition) is 3. The first-order chi connectivity index (χ1) is 5.60. The van der Waals surface area contributed by atoms with Gasteiger partial charge in [0.2, 0.25) is 0 Å². The smallest absolute Gasteiger partial charge is 0.405 e. The molecule has 0 aliphatic heterocycles. The van der Waals surface area contributed by atoms with Gasteiger partial charge in [0.25, 0.3) is 5.91 Å². The average Bonchev–Trinajstić information content (AvgIpc) is 2.69. The number of carboxylic acid groups (broad SMARTS) is 1. The van der Waals surface area contributed by atoms with Crippen molar-refractivity contribution < 1.29 is 19.5 Å². The number of rotatable bonds is 3. The molecule has 0 heterocycles. The Morgan fingerprint density at radius 3 is 2.42 bits per heavy atom. The van der Waals surface area contributed by atoms with E-state index in [9.17, 15) is 9.59 Å². The van der Waals surface area contributed by atoms with Crippen LogP contribution in [0.25, 0.3) is 0 Å². The predicted octanol–water partition coefficient (Wildman–Crippen LogP) is -0.536. The summed E-state index contributed by atoms with van der Waals surface area (Å²) in [6, 6.07) is 0. The van der Waals surface area contributed by atoms with Crippen LogP contribution in [0.2, 0.25) is 0 Å². The molecule has 1 aliphatic rings. The van der Waals surface area contributed by atoms with Crippen molar-refractivity contribution in [1.29, 1.82) is 0 Å².